The lowest BCUT2D eigenvalue weighted by molar-refractivity contribution is 0.573. The Hall–Kier alpha value is -1.06. The van der Waals surface area contributed by atoms with Gasteiger partial charge in [-0.2, -0.15) is 0 Å². The van der Waals surface area contributed by atoms with E-state index in [0.717, 1.165) is 41.4 Å². The number of aryl methyl sites for hydroxylation is 1. The van der Waals surface area contributed by atoms with Crippen molar-refractivity contribution in [2.24, 2.45) is 0 Å². The minimum absolute atomic E-state index is 0.513. The van der Waals surface area contributed by atoms with Crippen molar-refractivity contribution in [2.45, 2.75) is 39.8 Å². The second-order valence-corrected chi connectivity index (χ2v) is 5.20. The van der Waals surface area contributed by atoms with Gasteiger partial charge in [0.2, 0.25) is 0 Å². The van der Waals surface area contributed by atoms with Gasteiger partial charge in [0.05, 0.1) is 11.0 Å². The number of aromatic nitrogens is 2. The molecule has 0 atom stereocenters. The predicted molar refractivity (Wildman–Crippen MR) is 77.3 cm³/mol. The zero-order chi connectivity index (χ0) is 13.1. The number of halogens is 1. The normalized spacial score (nSPS) is 11.6. The standard InChI is InChI=1S/C14H20ClN3/c1-4-18-13-9-11(15)5-6-12(13)17-14(18)7-8-16-10(2)3/h5-6,9-10,16H,4,7-8H2,1-3H3. The molecule has 0 amide bonds. The van der Waals surface area contributed by atoms with Crippen LogP contribution in [-0.2, 0) is 13.0 Å². The van der Waals surface area contributed by atoms with Crippen molar-refractivity contribution in [2.75, 3.05) is 6.54 Å². The number of rotatable bonds is 5. The number of hydrogen-bond donors (Lipinski definition) is 1. The van der Waals surface area contributed by atoms with E-state index in [1.54, 1.807) is 0 Å². The molecule has 0 bridgehead atoms. The highest BCUT2D eigenvalue weighted by Gasteiger charge is 2.09. The van der Waals surface area contributed by atoms with Crippen LogP contribution < -0.4 is 5.32 Å². The monoisotopic (exact) mass is 265 g/mol. The third-order valence-corrected chi connectivity index (χ3v) is 3.24. The average molecular weight is 266 g/mol. The van der Waals surface area contributed by atoms with E-state index in [2.05, 4.69) is 35.6 Å². The second kappa shape index (κ2) is 5.72. The van der Waals surface area contributed by atoms with Crippen LogP contribution in [0.2, 0.25) is 5.02 Å². The first-order valence-electron chi connectivity index (χ1n) is 6.50. The van der Waals surface area contributed by atoms with Crippen LogP contribution in [-0.4, -0.2) is 22.1 Å². The Bertz CT molecular complexity index is 531. The number of hydrogen-bond acceptors (Lipinski definition) is 2. The predicted octanol–water partition coefficient (Wildman–Crippen LogP) is 3.25. The lowest BCUT2D eigenvalue weighted by atomic mass is 10.3. The van der Waals surface area contributed by atoms with Gasteiger partial charge in [-0.05, 0) is 25.1 Å². The summed E-state index contributed by atoms with van der Waals surface area (Å²) >= 11 is 6.05. The fourth-order valence-corrected chi connectivity index (χ4v) is 2.33. The van der Waals surface area contributed by atoms with Gasteiger partial charge < -0.3 is 9.88 Å². The Morgan fingerprint density at radius 2 is 2.17 bits per heavy atom. The van der Waals surface area contributed by atoms with E-state index >= 15 is 0 Å². The van der Waals surface area contributed by atoms with Crippen LogP contribution in [0.1, 0.15) is 26.6 Å². The minimum Gasteiger partial charge on any atom is -0.328 e. The van der Waals surface area contributed by atoms with Gasteiger partial charge in [0.1, 0.15) is 5.82 Å². The molecule has 0 saturated heterocycles. The Kier molecular flexibility index (Phi) is 4.25. The topological polar surface area (TPSA) is 29.9 Å². The maximum atomic E-state index is 6.05. The smallest absolute Gasteiger partial charge is 0.111 e. The van der Waals surface area contributed by atoms with E-state index in [0.29, 0.717) is 6.04 Å². The van der Waals surface area contributed by atoms with Gasteiger partial charge in [-0.1, -0.05) is 25.4 Å². The molecular formula is C14H20ClN3. The van der Waals surface area contributed by atoms with Crippen molar-refractivity contribution >= 4 is 22.6 Å². The van der Waals surface area contributed by atoms with Gasteiger partial charge in [-0.25, -0.2) is 4.98 Å². The largest absolute Gasteiger partial charge is 0.328 e. The molecule has 2 aromatic rings. The van der Waals surface area contributed by atoms with E-state index in [9.17, 15) is 0 Å². The summed E-state index contributed by atoms with van der Waals surface area (Å²) in [6, 6.07) is 6.39. The molecule has 4 heteroatoms. The van der Waals surface area contributed by atoms with Crippen LogP contribution in [0.3, 0.4) is 0 Å². The SMILES string of the molecule is CCn1c(CCNC(C)C)nc2ccc(Cl)cc21. The van der Waals surface area contributed by atoms with Crippen molar-refractivity contribution in [3.63, 3.8) is 0 Å². The van der Waals surface area contributed by atoms with Crippen LogP contribution in [0, 0.1) is 0 Å². The second-order valence-electron chi connectivity index (χ2n) is 4.76. The zero-order valence-electron chi connectivity index (χ0n) is 11.2. The van der Waals surface area contributed by atoms with Gasteiger partial charge >= 0.3 is 0 Å². The minimum atomic E-state index is 0.513. The summed E-state index contributed by atoms with van der Waals surface area (Å²) in [5.41, 5.74) is 2.16. The van der Waals surface area contributed by atoms with Gasteiger partial charge in [-0.15, -0.1) is 0 Å². The number of nitrogens with one attached hydrogen (secondary N) is 1. The van der Waals surface area contributed by atoms with Crippen molar-refractivity contribution in [1.82, 2.24) is 14.9 Å². The fraction of sp³-hybridized carbons (Fsp3) is 0.500. The molecule has 0 radical (unpaired) electrons. The Labute approximate surface area is 113 Å². The molecule has 0 spiro atoms. The molecule has 2 rings (SSSR count). The van der Waals surface area contributed by atoms with Crippen LogP contribution >= 0.6 is 11.6 Å². The summed E-state index contributed by atoms with van der Waals surface area (Å²) < 4.78 is 2.24. The van der Waals surface area contributed by atoms with E-state index < -0.39 is 0 Å². The highest BCUT2D eigenvalue weighted by atomic mass is 35.5. The van der Waals surface area contributed by atoms with Crippen LogP contribution in [0.5, 0.6) is 0 Å². The highest BCUT2D eigenvalue weighted by Crippen LogP contribution is 2.20. The molecule has 1 aromatic carbocycles. The molecule has 1 N–H and O–H groups in total. The van der Waals surface area contributed by atoms with Crippen LogP contribution in [0.4, 0.5) is 0 Å². The molecule has 98 valence electrons. The fourth-order valence-electron chi connectivity index (χ4n) is 2.16. The quantitative estimate of drug-likeness (QED) is 0.899. The molecule has 0 saturated carbocycles. The molecule has 0 fully saturated rings. The molecule has 18 heavy (non-hydrogen) atoms. The lowest BCUT2D eigenvalue weighted by Gasteiger charge is -2.09. The molecular weight excluding hydrogens is 246 g/mol. The summed E-state index contributed by atoms with van der Waals surface area (Å²) in [7, 11) is 0. The first-order chi connectivity index (χ1) is 8.61. The summed E-state index contributed by atoms with van der Waals surface area (Å²) in [6.07, 6.45) is 0.943. The molecule has 0 aliphatic rings. The van der Waals surface area contributed by atoms with Crippen molar-refractivity contribution in [3.05, 3.63) is 29.0 Å². The summed E-state index contributed by atoms with van der Waals surface area (Å²) in [4.78, 5) is 4.69. The van der Waals surface area contributed by atoms with Gasteiger partial charge in [0, 0.05) is 30.6 Å². The molecule has 1 heterocycles. The van der Waals surface area contributed by atoms with Gasteiger partial charge in [-0.3, -0.25) is 0 Å². The molecule has 0 aliphatic heterocycles. The van der Waals surface area contributed by atoms with Crippen molar-refractivity contribution in [3.8, 4) is 0 Å². The molecule has 3 nitrogen and oxygen atoms in total. The third-order valence-electron chi connectivity index (χ3n) is 3.01. The molecule has 0 aliphatic carbocycles. The summed E-state index contributed by atoms with van der Waals surface area (Å²) in [6.45, 7) is 8.33. The number of nitrogens with zero attached hydrogens (tertiary/aromatic N) is 2. The molecule has 1 aromatic heterocycles. The Balaban J connectivity index is 2.27. The van der Waals surface area contributed by atoms with Crippen molar-refractivity contribution in [1.29, 1.82) is 0 Å². The van der Waals surface area contributed by atoms with Gasteiger partial charge in [0.25, 0.3) is 0 Å². The maximum absolute atomic E-state index is 6.05. The first kappa shape index (κ1) is 13.4. The van der Waals surface area contributed by atoms with Gasteiger partial charge in [0.15, 0.2) is 0 Å². The summed E-state index contributed by atoms with van der Waals surface area (Å²) in [5, 5.41) is 4.19. The van der Waals surface area contributed by atoms with Crippen LogP contribution in [0.15, 0.2) is 18.2 Å². The van der Waals surface area contributed by atoms with E-state index in [4.69, 9.17) is 11.6 Å². The average Bonchev–Trinajstić information content (AvgIpc) is 2.65. The zero-order valence-corrected chi connectivity index (χ0v) is 12.0. The molecule has 0 unspecified atom stereocenters. The van der Waals surface area contributed by atoms with Crippen molar-refractivity contribution < 1.29 is 0 Å². The highest BCUT2D eigenvalue weighted by molar-refractivity contribution is 6.31. The number of benzene rings is 1. The van der Waals surface area contributed by atoms with E-state index in [1.807, 2.05) is 18.2 Å². The Morgan fingerprint density at radius 3 is 2.83 bits per heavy atom. The lowest BCUT2D eigenvalue weighted by Crippen LogP contribution is -2.25. The van der Waals surface area contributed by atoms with E-state index in [-0.39, 0.29) is 0 Å². The number of imidazole rings is 1. The van der Waals surface area contributed by atoms with E-state index in [1.165, 1.54) is 0 Å². The first-order valence-corrected chi connectivity index (χ1v) is 6.87. The third kappa shape index (κ3) is 2.85. The number of fused-ring (bicyclic) bond motifs is 1. The maximum Gasteiger partial charge on any atom is 0.111 e. The van der Waals surface area contributed by atoms with Crippen LogP contribution in [0.25, 0.3) is 11.0 Å². The Morgan fingerprint density at radius 1 is 1.39 bits per heavy atom. The summed E-state index contributed by atoms with van der Waals surface area (Å²) in [5.74, 6) is 1.13.